The van der Waals surface area contributed by atoms with Gasteiger partial charge in [0.2, 0.25) is 0 Å². The first kappa shape index (κ1) is 13.9. The molecule has 1 atom stereocenters. The number of carbonyl (C=O) groups is 1. The maximum absolute atomic E-state index is 12.4. The normalized spacial score (nSPS) is 22.8. The van der Waals surface area contributed by atoms with Gasteiger partial charge in [0.15, 0.2) is 5.76 Å². The Labute approximate surface area is 125 Å². The van der Waals surface area contributed by atoms with Crippen molar-refractivity contribution in [3.8, 4) is 0 Å². The van der Waals surface area contributed by atoms with E-state index in [0.717, 1.165) is 6.42 Å². The first-order chi connectivity index (χ1) is 9.96. The van der Waals surface area contributed by atoms with Gasteiger partial charge >= 0.3 is 0 Å². The molecule has 0 radical (unpaired) electrons. The third kappa shape index (κ3) is 2.27. The van der Waals surface area contributed by atoms with E-state index in [1.54, 1.807) is 17.0 Å². The van der Waals surface area contributed by atoms with Crippen molar-refractivity contribution in [3.63, 3.8) is 0 Å². The van der Waals surface area contributed by atoms with Gasteiger partial charge in [-0.3, -0.25) is 4.79 Å². The van der Waals surface area contributed by atoms with Gasteiger partial charge in [0.25, 0.3) is 5.91 Å². The molecule has 3 heteroatoms. The highest BCUT2D eigenvalue weighted by atomic mass is 16.3. The van der Waals surface area contributed by atoms with E-state index in [9.17, 15) is 4.79 Å². The number of likely N-dealkylation sites (N-methyl/N-ethyl adjacent to an activating group) is 1. The molecular weight excluding hydrogens is 262 g/mol. The second-order valence-electron chi connectivity index (χ2n) is 6.65. The zero-order valence-corrected chi connectivity index (χ0v) is 12.8. The number of hydrogen-bond acceptors (Lipinski definition) is 2. The molecule has 1 fully saturated rings. The quantitative estimate of drug-likeness (QED) is 0.857. The molecule has 1 amide bonds. The molecule has 1 saturated carbocycles. The van der Waals surface area contributed by atoms with Gasteiger partial charge in [-0.15, -0.1) is 0 Å². The predicted octanol–water partition coefficient (Wildman–Crippen LogP) is 3.72. The Hall–Kier alpha value is -2.03. The van der Waals surface area contributed by atoms with Crippen molar-refractivity contribution in [2.24, 2.45) is 5.41 Å². The maximum atomic E-state index is 12.4. The third-order valence-corrected chi connectivity index (χ3v) is 4.83. The lowest BCUT2D eigenvalue weighted by molar-refractivity contribution is 0.0743. The lowest BCUT2D eigenvalue weighted by Crippen LogP contribution is -2.36. The fraction of sp³-hybridized carbons (Fsp3) is 0.389. The summed E-state index contributed by atoms with van der Waals surface area (Å²) >= 11 is 0. The molecule has 1 unspecified atom stereocenters. The summed E-state index contributed by atoms with van der Waals surface area (Å²) in [6.45, 7) is 5.25. The van der Waals surface area contributed by atoms with Gasteiger partial charge < -0.3 is 9.32 Å². The minimum absolute atomic E-state index is 0.0469. The summed E-state index contributed by atoms with van der Waals surface area (Å²) in [4.78, 5) is 14.2. The van der Waals surface area contributed by atoms with E-state index in [-0.39, 0.29) is 16.7 Å². The largest absolute Gasteiger partial charge is 0.459 e. The number of furan rings is 1. The van der Waals surface area contributed by atoms with Gasteiger partial charge in [-0.25, -0.2) is 0 Å². The average molecular weight is 283 g/mol. The van der Waals surface area contributed by atoms with Crippen LogP contribution < -0.4 is 0 Å². The summed E-state index contributed by atoms with van der Waals surface area (Å²) < 4.78 is 5.22. The molecule has 1 aromatic heterocycles. The zero-order valence-electron chi connectivity index (χ0n) is 12.8. The van der Waals surface area contributed by atoms with Gasteiger partial charge in [-0.1, -0.05) is 44.2 Å². The van der Waals surface area contributed by atoms with E-state index in [1.165, 1.54) is 11.8 Å². The average Bonchev–Trinajstić information content (AvgIpc) is 2.86. The molecule has 3 nitrogen and oxygen atoms in total. The minimum atomic E-state index is -0.0574. The van der Waals surface area contributed by atoms with Crippen molar-refractivity contribution >= 4 is 5.91 Å². The Bertz CT molecular complexity index is 631. The van der Waals surface area contributed by atoms with Gasteiger partial charge in [0, 0.05) is 19.0 Å². The highest BCUT2D eigenvalue weighted by Gasteiger charge is 2.62. The molecule has 0 aliphatic heterocycles. The Kier molecular flexibility index (Phi) is 3.16. The molecule has 110 valence electrons. The monoisotopic (exact) mass is 283 g/mol. The van der Waals surface area contributed by atoms with E-state index in [2.05, 4.69) is 38.1 Å². The number of hydrogen-bond donors (Lipinski definition) is 0. The zero-order chi connectivity index (χ0) is 15.1. The first-order valence-electron chi connectivity index (χ1n) is 7.31. The molecule has 0 saturated heterocycles. The number of benzene rings is 1. The van der Waals surface area contributed by atoms with Crippen LogP contribution in [0.1, 0.15) is 36.4 Å². The maximum Gasteiger partial charge on any atom is 0.289 e. The van der Waals surface area contributed by atoms with Crippen LogP contribution in [0, 0.1) is 5.41 Å². The lowest BCUT2D eigenvalue weighted by atomic mass is 9.87. The van der Waals surface area contributed by atoms with E-state index in [0.29, 0.717) is 12.3 Å². The molecule has 2 aromatic rings. The van der Waals surface area contributed by atoms with Crippen molar-refractivity contribution in [2.75, 3.05) is 13.6 Å². The van der Waals surface area contributed by atoms with Crippen LogP contribution in [0.3, 0.4) is 0 Å². The molecule has 0 bridgehead atoms. The molecule has 21 heavy (non-hydrogen) atoms. The van der Waals surface area contributed by atoms with E-state index in [4.69, 9.17) is 4.42 Å². The van der Waals surface area contributed by atoms with Gasteiger partial charge in [0.05, 0.1) is 6.26 Å². The van der Waals surface area contributed by atoms with E-state index < -0.39 is 0 Å². The van der Waals surface area contributed by atoms with Crippen LogP contribution in [0.2, 0.25) is 0 Å². The standard InChI is InChI=1S/C18H21NO2/c1-17(2)12-18(17,14-8-5-4-6-9-14)13-19(3)16(20)15-10-7-11-21-15/h4-11H,12-13H2,1-3H3. The second kappa shape index (κ2) is 4.76. The van der Waals surface area contributed by atoms with Crippen molar-refractivity contribution in [1.82, 2.24) is 4.90 Å². The Morgan fingerprint density at radius 3 is 2.38 bits per heavy atom. The Balaban J connectivity index is 1.83. The highest BCUT2D eigenvalue weighted by molar-refractivity contribution is 5.91. The Morgan fingerprint density at radius 2 is 1.86 bits per heavy atom. The van der Waals surface area contributed by atoms with E-state index in [1.807, 2.05) is 13.1 Å². The minimum Gasteiger partial charge on any atom is -0.459 e. The molecule has 0 N–H and O–H groups in total. The summed E-state index contributed by atoms with van der Waals surface area (Å²) in [6, 6.07) is 14.0. The molecule has 1 aliphatic carbocycles. The first-order valence-corrected chi connectivity index (χ1v) is 7.31. The van der Waals surface area contributed by atoms with Crippen molar-refractivity contribution < 1.29 is 9.21 Å². The van der Waals surface area contributed by atoms with Gasteiger partial charge in [0.1, 0.15) is 0 Å². The van der Waals surface area contributed by atoms with Crippen molar-refractivity contribution in [2.45, 2.75) is 25.7 Å². The molecule has 1 heterocycles. The van der Waals surface area contributed by atoms with Crippen LogP contribution in [0.4, 0.5) is 0 Å². The molecular formula is C18H21NO2. The second-order valence-corrected chi connectivity index (χ2v) is 6.65. The predicted molar refractivity (Wildman–Crippen MR) is 82.2 cm³/mol. The number of amides is 1. The summed E-state index contributed by atoms with van der Waals surface area (Å²) in [6.07, 6.45) is 2.63. The fourth-order valence-electron chi connectivity index (χ4n) is 3.39. The smallest absolute Gasteiger partial charge is 0.289 e. The van der Waals surface area contributed by atoms with E-state index >= 15 is 0 Å². The summed E-state index contributed by atoms with van der Waals surface area (Å²) in [5.74, 6) is 0.345. The number of rotatable bonds is 4. The third-order valence-electron chi connectivity index (χ3n) is 4.83. The van der Waals surface area contributed by atoms with Crippen LogP contribution in [0.25, 0.3) is 0 Å². The molecule has 1 aliphatic rings. The highest BCUT2D eigenvalue weighted by Crippen LogP contribution is 2.64. The summed E-state index contributed by atoms with van der Waals surface area (Å²) in [5.41, 5.74) is 1.58. The molecule has 1 aromatic carbocycles. The van der Waals surface area contributed by atoms with Crippen LogP contribution in [-0.4, -0.2) is 24.4 Å². The molecule has 3 rings (SSSR count). The summed E-state index contributed by atoms with van der Waals surface area (Å²) in [5, 5.41) is 0. The van der Waals surface area contributed by atoms with Crippen molar-refractivity contribution in [1.29, 1.82) is 0 Å². The van der Waals surface area contributed by atoms with Crippen LogP contribution in [0.5, 0.6) is 0 Å². The summed E-state index contributed by atoms with van der Waals surface area (Å²) in [7, 11) is 1.85. The van der Waals surface area contributed by atoms with Crippen LogP contribution in [-0.2, 0) is 5.41 Å². The fourth-order valence-corrected chi connectivity index (χ4v) is 3.39. The van der Waals surface area contributed by atoms with Gasteiger partial charge in [-0.05, 0) is 29.5 Å². The van der Waals surface area contributed by atoms with Crippen LogP contribution >= 0.6 is 0 Å². The van der Waals surface area contributed by atoms with Gasteiger partial charge in [-0.2, -0.15) is 0 Å². The lowest BCUT2D eigenvalue weighted by Gasteiger charge is -2.27. The van der Waals surface area contributed by atoms with Crippen molar-refractivity contribution in [3.05, 3.63) is 60.1 Å². The van der Waals surface area contributed by atoms with Crippen LogP contribution in [0.15, 0.2) is 53.1 Å². The number of carbonyl (C=O) groups excluding carboxylic acids is 1. The Morgan fingerprint density at radius 1 is 1.19 bits per heavy atom. The topological polar surface area (TPSA) is 33.5 Å². The SMILES string of the molecule is CN(CC1(c2ccccc2)CC1(C)C)C(=O)c1ccco1. The molecule has 0 spiro atoms. The number of nitrogens with zero attached hydrogens (tertiary/aromatic N) is 1.